The van der Waals surface area contributed by atoms with Gasteiger partial charge in [0.05, 0.1) is 28.5 Å². The number of halogens is 4. The molecule has 0 saturated carbocycles. The molecule has 1 fully saturated rings. The third kappa shape index (κ3) is 5.02. The van der Waals surface area contributed by atoms with Crippen molar-refractivity contribution >= 4 is 22.5 Å². The van der Waals surface area contributed by atoms with Gasteiger partial charge in [0.2, 0.25) is 5.52 Å². The Morgan fingerprint density at radius 1 is 1.02 bits per heavy atom. The zero-order valence-electron chi connectivity index (χ0n) is 22.0. The molecule has 4 aromatic rings. The molecular weight excluding hydrogens is 524 g/mol. The summed E-state index contributed by atoms with van der Waals surface area (Å²) in [5, 5.41) is 0. The number of anilines is 1. The SMILES string of the molecule is [C-]#[N+]c1ccc2c(n1)c(N1C[C@@H](C)N(C(c3ccc(F)cc3)c3ccc(C(F)(F)F)cn3)C[C@@H]1C)cc(=O)n2C. The van der Waals surface area contributed by atoms with Gasteiger partial charge >= 0.3 is 6.18 Å². The van der Waals surface area contributed by atoms with Crippen LogP contribution >= 0.6 is 0 Å². The Morgan fingerprint density at radius 3 is 2.38 bits per heavy atom. The van der Waals surface area contributed by atoms with Crippen molar-refractivity contribution < 1.29 is 17.6 Å². The van der Waals surface area contributed by atoms with Crippen molar-refractivity contribution in [2.45, 2.75) is 38.1 Å². The van der Waals surface area contributed by atoms with E-state index in [0.717, 1.165) is 12.3 Å². The second-order valence-corrected chi connectivity index (χ2v) is 10.0. The van der Waals surface area contributed by atoms with E-state index < -0.39 is 23.6 Å². The lowest BCUT2D eigenvalue weighted by molar-refractivity contribution is -0.137. The summed E-state index contributed by atoms with van der Waals surface area (Å²) in [6.45, 7) is 12.3. The van der Waals surface area contributed by atoms with Crippen molar-refractivity contribution in [3.63, 3.8) is 0 Å². The van der Waals surface area contributed by atoms with E-state index in [2.05, 4.69) is 24.6 Å². The quantitative estimate of drug-likeness (QED) is 0.240. The van der Waals surface area contributed by atoms with E-state index >= 15 is 0 Å². The Balaban J connectivity index is 1.54. The topological polar surface area (TPSA) is 58.6 Å². The minimum atomic E-state index is -4.51. The molecule has 1 aromatic carbocycles. The maximum absolute atomic E-state index is 13.8. The van der Waals surface area contributed by atoms with Crippen molar-refractivity contribution in [2.24, 2.45) is 7.05 Å². The second-order valence-electron chi connectivity index (χ2n) is 10.0. The summed E-state index contributed by atoms with van der Waals surface area (Å²) in [7, 11) is 1.65. The van der Waals surface area contributed by atoms with Gasteiger partial charge < -0.3 is 14.3 Å². The number of aromatic nitrogens is 3. The highest BCUT2D eigenvalue weighted by atomic mass is 19.4. The Bertz CT molecular complexity index is 1640. The van der Waals surface area contributed by atoms with E-state index in [9.17, 15) is 22.4 Å². The van der Waals surface area contributed by atoms with Crippen LogP contribution in [0.3, 0.4) is 0 Å². The number of alkyl halides is 3. The first kappa shape index (κ1) is 27.3. The third-order valence-corrected chi connectivity index (χ3v) is 7.42. The highest BCUT2D eigenvalue weighted by Gasteiger charge is 2.37. The standard InChI is InChI=1S/C29H26F4N6O/c1-17-16-39(28(19-5-8-21(30)9-6-19)22-10-7-20(14-35-22)29(31,32)33)18(2)15-38(17)24-13-26(40)37(4)23-11-12-25(34-3)36-27(23)24/h5-14,17-18,28H,15-16H2,1-2,4H3/t17-,18+,28?/m0/s1. The molecule has 11 heteroatoms. The fourth-order valence-electron chi connectivity index (χ4n) is 5.34. The molecule has 0 aliphatic carbocycles. The normalized spacial score (nSPS) is 19.0. The number of benzene rings is 1. The second kappa shape index (κ2) is 10.4. The Kier molecular flexibility index (Phi) is 7.06. The van der Waals surface area contributed by atoms with Crippen molar-refractivity contribution in [2.75, 3.05) is 18.0 Å². The fraction of sp³-hybridized carbons (Fsp3) is 0.310. The molecule has 5 rings (SSSR count). The molecule has 4 heterocycles. The lowest BCUT2D eigenvalue weighted by Crippen LogP contribution is -2.57. The van der Waals surface area contributed by atoms with Gasteiger partial charge in [-0.25, -0.2) is 4.39 Å². The van der Waals surface area contributed by atoms with Crippen LogP contribution in [0.1, 0.15) is 36.7 Å². The zero-order valence-corrected chi connectivity index (χ0v) is 22.0. The number of aryl methyl sites for hydroxylation is 1. The van der Waals surface area contributed by atoms with Crippen molar-refractivity contribution in [1.29, 1.82) is 0 Å². The van der Waals surface area contributed by atoms with Crippen LogP contribution in [-0.4, -0.2) is 44.6 Å². The molecule has 206 valence electrons. The van der Waals surface area contributed by atoms with Crippen molar-refractivity contribution in [3.05, 3.63) is 105 Å². The minimum Gasteiger partial charge on any atom is -0.362 e. The molecule has 1 aliphatic rings. The summed E-state index contributed by atoms with van der Waals surface area (Å²) in [6.07, 6.45) is -3.69. The van der Waals surface area contributed by atoms with E-state index in [1.807, 2.05) is 13.8 Å². The van der Waals surface area contributed by atoms with Gasteiger partial charge in [0.1, 0.15) is 5.82 Å². The Hall–Kier alpha value is -4.30. The molecule has 7 nitrogen and oxygen atoms in total. The van der Waals surface area contributed by atoms with E-state index in [1.165, 1.54) is 28.8 Å². The van der Waals surface area contributed by atoms with E-state index in [1.54, 1.807) is 31.3 Å². The molecule has 1 saturated heterocycles. The summed E-state index contributed by atoms with van der Waals surface area (Å²) >= 11 is 0. The number of fused-ring (bicyclic) bond motifs is 1. The number of nitrogens with zero attached hydrogens (tertiary/aromatic N) is 6. The van der Waals surface area contributed by atoms with Gasteiger partial charge in [0.15, 0.2) is 0 Å². The molecule has 1 aliphatic heterocycles. The van der Waals surface area contributed by atoms with Crippen LogP contribution < -0.4 is 10.5 Å². The highest BCUT2D eigenvalue weighted by molar-refractivity contribution is 5.89. The smallest absolute Gasteiger partial charge is 0.362 e. The number of hydrogen-bond donors (Lipinski definition) is 0. The largest absolute Gasteiger partial charge is 0.417 e. The van der Waals surface area contributed by atoms with Gasteiger partial charge in [-0.05, 0) is 55.8 Å². The van der Waals surface area contributed by atoms with Crippen LogP contribution in [0.25, 0.3) is 15.9 Å². The van der Waals surface area contributed by atoms with Gasteiger partial charge in [-0.3, -0.25) is 14.7 Å². The summed E-state index contributed by atoms with van der Waals surface area (Å²) in [4.78, 5) is 29.2. The van der Waals surface area contributed by atoms with Crippen LogP contribution in [0.5, 0.6) is 0 Å². The van der Waals surface area contributed by atoms with Gasteiger partial charge in [0.25, 0.3) is 11.4 Å². The van der Waals surface area contributed by atoms with Crippen LogP contribution in [0.4, 0.5) is 29.1 Å². The van der Waals surface area contributed by atoms with E-state index in [-0.39, 0.29) is 23.5 Å². The maximum Gasteiger partial charge on any atom is 0.417 e. The molecule has 3 atom stereocenters. The van der Waals surface area contributed by atoms with Gasteiger partial charge in [-0.2, -0.15) is 13.2 Å². The van der Waals surface area contributed by atoms with Crippen molar-refractivity contribution in [3.8, 4) is 0 Å². The average Bonchev–Trinajstić information content (AvgIpc) is 2.93. The van der Waals surface area contributed by atoms with Crippen LogP contribution in [0.2, 0.25) is 0 Å². The molecule has 0 spiro atoms. The summed E-state index contributed by atoms with van der Waals surface area (Å²) in [5.41, 5.74) is 1.83. The number of hydrogen-bond acceptors (Lipinski definition) is 5. The predicted molar refractivity (Wildman–Crippen MR) is 144 cm³/mol. The fourth-order valence-corrected chi connectivity index (χ4v) is 5.34. The van der Waals surface area contributed by atoms with Gasteiger partial charge in [0, 0.05) is 44.5 Å². The first-order valence-electron chi connectivity index (χ1n) is 12.7. The maximum atomic E-state index is 13.8. The third-order valence-electron chi connectivity index (χ3n) is 7.42. The minimum absolute atomic E-state index is 0.151. The van der Waals surface area contributed by atoms with Gasteiger partial charge in [-0.1, -0.05) is 18.7 Å². The predicted octanol–water partition coefficient (Wildman–Crippen LogP) is 5.73. The summed E-state index contributed by atoms with van der Waals surface area (Å²) < 4.78 is 55.0. The molecule has 0 bridgehead atoms. The summed E-state index contributed by atoms with van der Waals surface area (Å²) in [6, 6.07) is 12.2. The molecule has 1 unspecified atom stereocenters. The van der Waals surface area contributed by atoms with Crippen LogP contribution in [0.15, 0.2) is 65.6 Å². The molecule has 0 amide bonds. The zero-order chi connectivity index (χ0) is 28.8. The summed E-state index contributed by atoms with van der Waals surface area (Å²) in [5.74, 6) is -0.200. The lowest BCUT2D eigenvalue weighted by Gasteiger charge is -2.48. The number of pyridine rings is 3. The first-order chi connectivity index (χ1) is 19.0. The molecule has 40 heavy (non-hydrogen) atoms. The highest BCUT2D eigenvalue weighted by Crippen LogP contribution is 2.37. The van der Waals surface area contributed by atoms with Crippen molar-refractivity contribution in [1.82, 2.24) is 19.4 Å². The molecule has 3 aromatic heterocycles. The molecular formula is C29H26F4N6O. The average molecular weight is 551 g/mol. The number of piperazine rings is 1. The Morgan fingerprint density at radius 2 is 1.75 bits per heavy atom. The van der Waals surface area contributed by atoms with Crippen LogP contribution in [-0.2, 0) is 13.2 Å². The van der Waals surface area contributed by atoms with Gasteiger partial charge in [-0.15, -0.1) is 4.98 Å². The molecule has 0 radical (unpaired) electrons. The van der Waals surface area contributed by atoms with E-state index in [0.29, 0.717) is 41.1 Å². The monoisotopic (exact) mass is 550 g/mol. The Labute approximate surface area is 228 Å². The number of rotatable bonds is 4. The van der Waals surface area contributed by atoms with E-state index in [4.69, 9.17) is 6.57 Å². The lowest BCUT2D eigenvalue weighted by atomic mass is 9.96. The molecule has 0 N–H and O–H groups in total. The van der Waals surface area contributed by atoms with Crippen LogP contribution in [0, 0.1) is 12.4 Å². The first-order valence-corrected chi connectivity index (χ1v) is 12.7.